The fraction of sp³-hybridized carbons (Fsp3) is 0.400. The van der Waals surface area contributed by atoms with Crippen LogP contribution in [0.15, 0.2) is 24.3 Å². The van der Waals surface area contributed by atoms with Crippen LogP contribution in [-0.4, -0.2) is 13.1 Å². The maximum Gasteiger partial charge on any atom is 0.337 e. The Kier molecular flexibility index (Phi) is 5.88. The van der Waals surface area contributed by atoms with E-state index in [4.69, 9.17) is 0 Å². The van der Waals surface area contributed by atoms with Crippen molar-refractivity contribution >= 4 is 5.97 Å². The van der Waals surface area contributed by atoms with Gasteiger partial charge in [0, 0.05) is 12.0 Å². The summed E-state index contributed by atoms with van der Waals surface area (Å²) < 4.78 is 4.66. The molecule has 0 bridgehead atoms. The molecule has 2 heteroatoms. The number of rotatable bonds is 4. The van der Waals surface area contributed by atoms with Crippen LogP contribution in [0, 0.1) is 11.8 Å². The molecule has 0 spiro atoms. The van der Waals surface area contributed by atoms with Crippen molar-refractivity contribution in [1.82, 2.24) is 0 Å². The molecule has 1 aromatic carbocycles. The normalized spacial score (nSPS) is 9.29. The highest BCUT2D eigenvalue weighted by Crippen LogP contribution is 2.05. The molecule has 0 saturated heterocycles. The van der Waals surface area contributed by atoms with Crippen molar-refractivity contribution < 1.29 is 9.53 Å². The number of ether oxygens (including phenoxy) is 1. The SMILES string of the molecule is CCCCCC#Cc1cccc(C(=O)OC)c1. The molecule has 0 atom stereocenters. The maximum atomic E-state index is 11.3. The molecule has 0 N–H and O–H groups in total. The topological polar surface area (TPSA) is 26.3 Å². The van der Waals surface area contributed by atoms with Gasteiger partial charge in [0.2, 0.25) is 0 Å². The molecule has 0 aliphatic heterocycles. The van der Waals surface area contributed by atoms with E-state index in [9.17, 15) is 4.79 Å². The molecule has 0 aliphatic rings. The molecule has 17 heavy (non-hydrogen) atoms. The van der Waals surface area contributed by atoms with Crippen LogP contribution in [0.3, 0.4) is 0 Å². The number of hydrogen-bond donors (Lipinski definition) is 0. The first-order valence-electron chi connectivity index (χ1n) is 5.95. The van der Waals surface area contributed by atoms with Crippen LogP contribution >= 0.6 is 0 Å². The van der Waals surface area contributed by atoms with Crippen molar-refractivity contribution in [3.63, 3.8) is 0 Å². The Labute approximate surface area is 103 Å². The van der Waals surface area contributed by atoms with Gasteiger partial charge < -0.3 is 4.74 Å². The van der Waals surface area contributed by atoms with Crippen molar-refractivity contribution in [2.45, 2.75) is 32.6 Å². The molecular formula is C15H18O2. The molecule has 90 valence electrons. The average Bonchev–Trinajstić information content (AvgIpc) is 2.38. The Balaban J connectivity index is 2.62. The van der Waals surface area contributed by atoms with Crippen molar-refractivity contribution in [2.24, 2.45) is 0 Å². The molecule has 0 aromatic heterocycles. The van der Waals surface area contributed by atoms with Gasteiger partial charge in [0.25, 0.3) is 0 Å². The van der Waals surface area contributed by atoms with Crippen LogP contribution in [0.2, 0.25) is 0 Å². The van der Waals surface area contributed by atoms with E-state index in [0.29, 0.717) is 5.56 Å². The first kappa shape index (κ1) is 13.3. The Hall–Kier alpha value is -1.75. The van der Waals surface area contributed by atoms with Gasteiger partial charge in [-0.3, -0.25) is 0 Å². The van der Waals surface area contributed by atoms with E-state index in [2.05, 4.69) is 23.5 Å². The van der Waals surface area contributed by atoms with Gasteiger partial charge in [-0.15, -0.1) is 0 Å². The van der Waals surface area contributed by atoms with Crippen LogP contribution in [0.25, 0.3) is 0 Å². The number of carbonyl (C=O) groups is 1. The number of hydrogen-bond acceptors (Lipinski definition) is 2. The molecule has 2 nitrogen and oxygen atoms in total. The minimum absolute atomic E-state index is 0.320. The minimum Gasteiger partial charge on any atom is -0.465 e. The lowest BCUT2D eigenvalue weighted by atomic mass is 10.1. The zero-order chi connectivity index (χ0) is 12.5. The maximum absolute atomic E-state index is 11.3. The van der Waals surface area contributed by atoms with Crippen LogP contribution < -0.4 is 0 Å². The minimum atomic E-state index is -0.320. The lowest BCUT2D eigenvalue weighted by molar-refractivity contribution is 0.0600. The van der Waals surface area contributed by atoms with Gasteiger partial charge in [-0.1, -0.05) is 37.7 Å². The standard InChI is InChI=1S/C15H18O2/c1-3-4-5-6-7-9-13-10-8-11-14(12-13)15(16)17-2/h8,10-12H,3-6H2,1-2H3. The summed E-state index contributed by atoms with van der Waals surface area (Å²) in [6.07, 6.45) is 4.48. The van der Waals surface area contributed by atoms with Crippen molar-refractivity contribution in [1.29, 1.82) is 0 Å². The van der Waals surface area contributed by atoms with Gasteiger partial charge in [-0.25, -0.2) is 4.79 Å². The van der Waals surface area contributed by atoms with Crippen molar-refractivity contribution in [3.05, 3.63) is 35.4 Å². The highest BCUT2D eigenvalue weighted by atomic mass is 16.5. The zero-order valence-electron chi connectivity index (χ0n) is 10.5. The Morgan fingerprint density at radius 2 is 2.18 bits per heavy atom. The van der Waals surface area contributed by atoms with Gasteiger partial charge in [-0.05, 0) is 24.6 Å². The number of methoxy groups -OCH3 is 1. The molecule has 1 aromatic rings. The van der Waals surface area contributed by atoms with Crippen LogP contribution in [0.5, 0.6) is 0 Å². The van der Waals surface area contributed by atoms with Gasteiger partial charge in [0.15, 0.2) is 0 Å². The fourth-order valence-corrected chi connectivity index (χ4v) is 1.47. The summed E-state index contributed by atoms with van der Waals surface area (Å²) in [7, 11) is 1.38. The van der Waals surface area contributed by atoms with E-state index in [-0.39, 0.29) is 5.97 Å². The summed E-state index contributed by atoms with van der Waals surface area (Å²) >= 11 is 0. The summed E-state index contributed by atoms with van der Waals surface area (Å²) in [5, 5.41) is 0. The van der Waals surface area contributed by atoms with Crippen molar-refractivity contribution in [2.75, 3.05) is 7.11 Å². The van der Waals surface area contributed by atoms with E-state index in [1.54, 1.807) is 12.1 Å². The van der Waals surface area contributed by atoms with Crippen LogP contribution in [-0.2, 0) is 4.74 Å². The third-order valence-electron chi connectivity index (χ3n) is 2.42. The van der Waals surface area contributed by atoms with Crippen molar-refractivity contribution in [3.8, 4) is 11.8 Å². The molecule has 0 aliphatic carbocycles. The van der Waals surface area contributed by atoms with E-state index in [1.807, 2.05) is 12.1 Å². The molecule has 0 heterocycles. The second kappa shape index (κ2) is 7.51. The summed E-state index contributed by atoms with van der Waals surface area (Å²) in [4.78, 5) is 11.3. The van der Waals surface area contributed by atoms with Gasteiger partial charge in [0.05, 0.1) is 12.7 Å². The third-order valence-corrected chi connectivity index (χ3v) is 2.42. The summed E-state index contributed by atoms with van der Waals surface area (Å²) in [6.45, 7) is 2.17. The number of carbonyl (C=O) groups excluding carboxylic acids is 1. The number of esters is 1. The monoisotopic (exact) mass is 230 g/mol. The lowest BCUT2D eigenvalue weighted by Gasteiger charge is -1.98. The Morgan fingerprint density at radius 3 is 2.88 bits per heavy atom. The Morgan fingerprint density at radius 1 is 1.35 bits per heavy atom. The molecule has 0 amide bonds. The fourth-order valence-electron chi connectivity index (χ4n) is 1.47. The van der Waals surface area contributed by atoms with Crippen LogP contribution in [0.4, 0.5) is 0 Å². The largest absolute Gasteiger partial charge is 0.465 e. The highest BCUT2D eigenvalue weighted by Gasteiger charge is 2.03. The number of benzene rings is 1. The second-order valence-corrected chi connectivity index (χ2v) is 3.83. The smallest absolute Gasteiger partial charge is 0.337 e. The average molecular weight is 230 g/mol. The van der Waals surface area contributed by atoms with Gasteiger partial charge in [-0.2, -0.15) is 0 Å². The Bertz CT molecular complexity index is 424. The first-order chi connectivity index (χ1) is 8.27. The van der Waals surface area contributed by atoms with Gasteiger partial charge >= 0.3 is 5.97 Å². The molecule has 0 unspecified atom stereocenters. The molecule has 0 saturated carbocycles. The zero-order valence-corrected chi connectivity index (χ0v) is 10.5. The van der Waals surface area contributed by atoms with E-state index < -0.39 is 0 Å². The highest BCUT2D eigenvalue weighted by molar-refractivity contribution is 5.89. The van der Waals surface area contributed by atoms with E-state index in [0.717, 1.165) is 18.4 Å². The summed E-state index contributed by atoms with van der Waals surface area (Å²) in [5.41, 5.74) is 1.41. The molecule has 1 rings (SSSR count). The second-order valence-electron chi connectivity index (χ2n) is 3.83. The summed E-state index contributed by atoms with van der Waals surface area (Å²) in [6, 6.07) is 7.22. The third kappa shape index (κ3) is 4.74. The summed E-state index contributed by atoms with van der Waals surface area (Å²) in [5.74, 6) is 5.86. The molecule has 0 fully saturated rings. The van der Waals surface area contributed by atoms with Crippen LogP contribution in [0.1, 0.15) is 48.5 Å². The predicted octanol–water partition coefficient (Wildman–Crippen LogP) is 3.41. The van der Waals surface area contributed by atoms with Gasteiger partial charge in [0.1, 0.15) is 0 Å². The molecular weight excluding hydrogens is 212 g/mol. The quantitative estimate of drug-likeness (QED) is 0.450. The predicted molar refractivity (Wildman–Crippen MR) is 68.8 cm³/mol. The first-order valence-corrected chi connectivity index (χ1v) is 5.95. The van der Waals surface area contributed by atoms with E-state index in [1.165, 1.54) is 20.0 Å². The number of unbranched alkanes of at least 4 members (excludes halogenated alkanes) is 3. The van der Waals surface area contributed by atoms with E-state index >= 15 is 0 Å². The molecule has 0 radical (unpaired) electrons. The lowest BCUT2D eigenvalue weighted by Crippen LogP contribution is -2.00.